The molecule has 8 nitrogen and oxygen atoms in total. The van der Waals surface area contributed by atoms with Crippen molar-refractivity contribution in [2.24, 2.45) is 5.92 Å². The zero-order valence-electron chi connectivity index (χ0n) is 12.4. The molecule has 0 aliphatic carbocycles. The number of ether oxygens (including phenoxy) is 1. The predicted octanol–water partition coefficient (Wildman–Crippen LogP) is 0.296. The molecule has 0 saturated carbocycles. The quantitative estimate of drug-likeness (QED) is 0.705. The number of rotatable bonds is 6. The second kappa shape index (κ2) is 6.23. The van der Waals surface area contributed by atoms with Crippen LogP contribution in [0.15, 0.2) is 11.1 Å². The van der Waals surface area contributed by atoms with E-state index in [1.807, 2.05) is 11.5 Å². The van der Waals surface area contributed by atoms with Gasteiger partial charge in [0.2, 0.25) is 5.95 Å². The number of hydrogen-bond acceptors (Lipinski definition) is 6. The van der Waals surface area contributed by atoms with E-state index in [0.717, 1.165) is 0 Å². The first-order valence-corrected chi connectivity index (χ1v) is 6.83. The van der Waals surface area contributed by atoms with Crippen LogP contribution in [0.3, 0.4) is 0 Å². The summed E-state index contributed by atoms with van der Waals surface area (Å²) in [4.78, 5) is 22.5. The Balaban J connectivity index is 2.31. The molecule has 3 atom stereocenters. The number of aromatic nitrogens is 4. The molecule has 0 aromatic carbocycles. The van der Waals surface area contributed by atoms with E-state index < -0.39 is 0 Å². The Labute approximate surface area is 122 Å². The van der Waals surface area contributed by atoms with Crippen molar-refractivity contribution in [3.63, 3.8) is 0 Å². The number of nitrogens with two attached hydrogens (primary N) is 1. The molecule has 0 radical (unpaired) electrons. The number of anilines is 1. The monoisotopic (exact) mass is 295 g/mol. The number of imidazole rings is 1. The molecule has 2 aromatic rings. The van der Waals surface area contributed by atoms with E-state index in [9.17, 15) is 9.90 Å². The first-order chi connectivity index (χ1) is 9.97. The highest BCUT2D eigenvalue weighted by atomic mass is 16.5. The summed E-state index contributed by atoms with van der Waals surface area (Å²) in [5.74, 6) is 0.265. The number of nitrogens with one attached hydrogen (secondary N) is 1. The fourth-order valence-electron chi connectivity index (χ4n) is 2.37. The molecule has 8 heteroatoms. The van der Waals surface area contributed by atoms with Gasteiger partial charge in [0.05, 0.1) is 19.0 Å². The minimum atomic E-state index is -0.346. The molecule has 2 rings (SSSR count). The maximum absolute atomic E-state index is 11.8. The highest BCUT2D eigenvalue weighted by molar-refractivity contribution is 5.70. The molecular formula is C13H21N5O3. The van der Waals surface area contributed by atoms with Gasteiger partial charge < -0.3 is 20.1 Å². The third-order valence-corrected chi connectivity index (χ3v) is 3.88. The second-order valence-corrected chi connectivity index (χ2v) is 5.27. The molecule has 4 N–H and O–H groups in total. The summed E-state index contributed by atoms with van der Waals surface area (Å²) in [6.07, 6.45) is 2.07. The maximum Gasteiger partial charge on any atom is 0.280 e. The van der Waals surface area contributed by atoms with Crippen molar-refractivity contribution in [1.29, 1.82) is 0 Å². The predicted molar refractivity (Wildman–Crippen MR) is 78.9 cm³/mol. The van der Waals surface area contributed by atoms with Crippen molar-refractivity contribution in [2.45, 2.75) is 32.4 Å². The number of aliphatic hydroxyl groups is 1. The van der Waals surface area contributed by atoms with E-state index >= 15 is 0 Å². The van der Waals surface area contributed by atoms with Crippen LogP contribution in [0.1, 0.15) is 26.3 Å². The second-order valence-electron chi connectivity index (χ2n) is 5.27. The van der Waals surface area contributed by atoms with Crippen LogP contribution in [0.5, 0.6) is 0 Å². The summed E-state index contributed by atoms with van der Waals surface area (Å²) in [5.41, 5.74) is 5.98. The van der Waals surface area contributed by atoms with Crippen molar-refractivity contribution >= 4 is 17.1 Å². The lowest BCUT2D eigenvalue weighted by Gasteiger charge is -2.24. The Morgan fingerprint density at radius 1 is 1.52 bits per heavy atom. The molecule has 2 heterocycles. The molecule has 0 aliphatic rings. The van der Waals surface area contributed by atoms with Gasteiger partial charge in [-0.3, -0.25) is 9.78 Å². The molecule has 0 fully saturated rings. The van der Waals surface area contributed by atoms with Gasteiger partial charge in [-0.05, 0) is 19.3 Å². The topological polar surface area (TPSA) is 119 Å². The van der Waals surface area contributed by atoms with Gasteiger partial charge in [0, 0.05) is 13.2 Å². The molecule has 1 unspecified atom stereocenters. The van der Waals surface area contributed by atoms with Gasteiger partial charge in [-0.2, -0.15) is 4.98 Å². The van der Waals surface area contributed by atoms with Gasteiger partial charge in [0.1, 0.15) is 0 Å². The largest absolute Gasteiger partial charge is 0.394 e. The molecule has 0 bridgehead atoms. The summed E-state index contributed by atoms with van der Waals surface area (Å²) in [6, 6.07) is 0.0351. The number of nitrogens with zero attached hydrogens (tertiary/aromatic N) is 3. The van der Waals surface area contributed by atoms with Crippen molar-refractivity contribution in [1.82, 2.24) is 19.5 Å². The molecule has 0 aliphatic heterocycles. The first-order valence-electron chi connectivity index (χ1n) is 6.83. The Bertz CT molecular complexity index is 661. The van der Waals surface area contributed by atoms with Crippen molar-refractivity contribution in [3.05, 3.63) is 16.7 Å². The summed E-state index contributed by atoms with van der Waals surface area (Å²) < 4.78 is 7.03. The highest BCUT2D eigenvalue weighted by Crippen LogP contribution is 2.25. The number of aliphatic hydroxyl groups excluding tert-OH is 1. The van der Waals surface area contributed by atoms with Crippen LogP contribution in [0, 0.1) is 5.92 Å². The van der Waals surface area contributed by atoms with Crippen molar-refractivity contribution < 1.29 is 9.84 Å². The van der Waals surface area contributed by atoms with Crippen molar-refractivity contribution in [2.75, 3.05) is 19.5 Å². The Kier molecular flexibility index (Phi) is 4.59. The van der Waals surface area contributed by atoms with Gasteiger partial charge in [0.25, 0.3) is 5.56 Å². The van der Waals surface area contributed by atoms with Gasteiger partial charge in [-0.1, -0.05) is 6.92 Å². The number of hydrogen-bond donors (Lipinski definition) is 3. The number of fused-ring (bicyclic) bond motifs is 1. The van der Waals surface area contributed by atoms with Gasteiger partial charge >= 0.3 is 0 Å². The molecule has 2 aromatic heterocycles. The fourth-order valence-corrected chi connectivity index (χ4v) is 2.37. The minimum absolute atomic E-state index is 0.0247. The molecule has 0 amide bonds. The standard InChI is InChI=1S/C13H21N5O3/c1-7(4-9(5-19)21-3)8(2)18-6-15-10-11(18)16-13(14)17-12(10)20/h6-9,19H,4-5H2,1-3H3,(H3,14,16,17,20)/t7-,8?,9+/m1/s1. The molecule has 0 saturated heterocycles. The van der Waals surface area contributed by atoms with Gasteiger partial charge in [-0.15, -0.1) is 0 Å². The number of H-pyrrole nitrogens is 1. The maximum atomic E-state index is 11.8. The van der Waals surface area contributed by atoms with Crippen LogP contribution in [-0.4, -0.2) is 44.4 Å². The average Bonchev–Trinajstić information content (AvgIpc) is 2.87. The van der Waals surface area contributed by atoms with E-state index in [0.29, 0.717) is 12.1 Å². The lowest BCUT2D eigenvalue weighted by molar-refractivity contribution is 0.0288. The van der Waals surface area contributed by atoms with Gasteiger partial charge in [-0.25, -0.2) is 4.98 Å². The summed E-state index contributed by atoms with van der Waals surface area (Å²) >= 11 is 0. The molecule has 116 valence electrons. The summed E-state index contributed by atoms with van der Waals surface area (Å²) in [7, 11) is 1.58. The third-order valence-electron chi connectivity index (χ3n) is 3.88. The first kappa shape index (κ1) is 15.5. The van der Waals surface area contributed by atoms with E-state index in [1.54, 1.807) is 13.4 Å². The minimum Gasteiger partial charge on any atom is -0.394 e. The smallest absolute Gasteiger partial charge is 0.280 e. The lowest BCUT2D eigenvalue weighted by atomic mass is 9.96. The van der Waals surface area contributed by atoms with E-state index in [2.05, 4.69) is 21.9 Å². The lowest BCUT2D eigenvalue weighted by Crippen LogP contribution is -2.24. The number of methoxy groups -OCH3 is 1. The van der Waals surface area contributed by atoms with Gasteiger partial charge in [0.15, 0.2) is 11.2 Å². The van der Waals surface area contributed by atoms with Crippen LogP contribution >= 0.6 is 0 Å². The SMILES string of the molecule is CO[C@H](CO)C[C@@H](C)C(C)n1cnc2c(=O)[nH]c(N)nc21. The third kappa shape index (κ3) is 3.06. The summed E-state index contributed by atoms with van der Waals surface area (Å²) in [5, 5.41) is 9.21. The van der Waals surface area contributed by atoms with Crippen LogP contribution in [0.2, 0.25) is 0 Å². The Hall–Kier alpha value is -1.93. The number of nitrogen functional groups attached to an aromatic ring is 1. The van der Waals surface area contributed by atoms with Crippen LogP contribution < -0.4 is 11.3 Å². The van der Waals surface area contributed by atoms with E-state index in [4.69, 9.17) is 10.5 Å². The zero-order chi connectivity index (χ0) is 15.6. The molecule has 0 spiro atoms. The van der Waals surface area contributed by atoms with E-state index in [-0.39, 0.29) is 41.7 Å². The van der Waals surface area contributed by atoms with Crippen molar-refractivity contribution in [3.8, 4) is 0 Å². The molecule has 21 heavy (non-hydrogen) atoms. The van der Waals surface area contributed by atoms with Crippen LogP contribution in [0.4, 0.5) is 5.95 Å². The number of aromatic amines is 1. The van der Waals surface area contributed by atoms with Crippen LogP contribution in [0.25, 0.3) is 11.2 Å². The van der Waals surface area contributed by atoms with E-state index in [1.165, 1.54) is 0 Å². The average molecular weight is 295 g/mol. The Morgan fingerprint density at radius 3 is 2.86 bits per heavy atom. The summed E-state index contributed by atoms with van der Waals surface area (Å²) in [6.45, 7) is 4.03. The normalized spacial score (nSPS) is 16.0. The zero-order valence-corrected chi connectivity index (χ0v) is 12.4. The Morgan fingerprint density at radius 2 is 2.24 bits per heavy atom. The molecular weight excluding hydrogens is 274 g/mol. The fraction of sp³-hybridized carbons (Fsp3) is 0.615. The van der Waals surface area contributed by atoms with Crippen LogP contribution in [-0.2, 0) is 4.74 Å². The highest BCUT2D eigenvalue weighted by Gasteiger charge is 2.21.